The third kappa shape index (κ3) is 2.78. The first-order chi connectivity index (χ1) is 10.1. The minimum Gasteiger partial charge on any atom is -0.507 e. The molecule has 0 heterocycles. The van der Waals surface area contributed by atoms with Crippen molar-refractivity contribution in [2.75, 3.05) is 5.75 Å². The SMILES string of the molecule is C=CCS(=O)(=O)c1c(O)ccc2cc(S(=O)(=O)O)cc(O)c12. The van der Waals surface area contributed by atoms with Gasteiger partial charge in [-0.2, -0.15) is 8.42 Å². The van der Waals surface area contributed by atoms with Crippen LogP contribution in [0.25, 0.3) is 10.8 Å². The second kappa shape index (κ2) is 5.27. The molecular weight excluding hydrogens is 332 g/mol. The van der Waals surface area contributed by atoms with Crippen LogP contribution in [-0.2, 0) is 20.0 Å². The first-order valence-electron chi connectivity index (χ1n) is 5.88. The van der Waals surface area contributed by atoms with Gasteiger partial charge in [-0.25, -0.2) is 8.42 Å². The van der Waals surface area contributed by atoms with Crippen LogP contribution in [0.1, 0.15) is 0 Å². The van der Waals surface area contributed by atoms with E-state index in [1.807, 2.05) is 0 Å². The highest BCUT2D eigenvalue weighted by Gasteiger charge is 2.24. The molecule has 0 aliphatic rings. The highest BCUT2D eigenvalue weighted by molar-refractivity contribution is 7.92. The molecule has 0 aromatic heterocycles. The summed E-state index contributed by atoms with van der Waals surface area (Å²) in [4.78, 5) is -1.11. The highest BCUT2D eigenvalue weighted by atomic mass is 32.2. The van der Waals surface area contributed by atoms with Gasteiger partial charge in [0.2, 0.25) is 0 Å². The molecule has 0 aliphatic carbocycles. The van der Waals surface area contributed by atoms with Crippen LogP contribution in [0.4, 0.5) is 0 Å². The van der Waals surface area contributed by atoms with Gasteiger partial charge in [0.05, 0.1) is 10.6 Å². The Labute approximate surface area is 126 Å². The zero-order valence-electron chi connectivity index (χ0n) is 11.1. The highest BCUT2D eigenvalue weighted by Crippen LogP contribution is 2.38. The smallest absolute Gasteiger partial charge is 0.294 e. The quantitative estimate of drug-likeness (QED) is 0.565. The molecule has 22 heavy (non-hydrogen) atoms. The number of rotatable bonds is 4. The maximum absolute atomic E-state index is 12.2. The van der Waals surface area contributed by atoms with E-state index in [2.05, 4.69) is 6.58 Å². The molecule has 0 saturated carbocycles. The number of hydrogen-bond donors (Lipinski definition) is 3. The first-order valence-corrected chi connectivity index (χ1v) is 8.97. The lowest BCUT2D eigenvalue weighted by atomic mass is 10.1. The molecule has 2 rings (SSSR count). The molecule has 0 radical (unpaired) electrons. The average Bonchev–Trinajstić information content (AvgIpc) is 2.37. The van der Waals surface area contributed by atoms with E-state index in [-0.39, 0.29) is 10.8 Å². The molecule has 118 valence electrons. The minimum absolute atomic E-state index is 0.0352. The third-order valence-corrected chi connectivity index (χ3v) is 5.49. The van der Waals surface area contributed by atoms with Gasteiger partial charge < -0.3 is 10.2 Å². The predicted molar refractivity (Wildman–Crippen MR) is 79.3 cm³/mol. The fourth-order valence-electron chi connectivity index (χ4n) is 2.08. The van der Waals surface area contributed by atoms with Gasteiger partial charge >= 0.3 is 0 Å². The molecular formula is C13H12O7S2. The zero-order chi connectivity index (χ0) is 16.7. The summed E-state index contributed by atoms with van der Waals surface area (Å²) in [5.41, 5.74) is 0. The van der Waals surface area contributed by atoms with E-state index in [0.29, 0.717) is 6.07 Å². The molecule has 9 heteroatoms. The number of phenolic OH excluding ortho intramolecular Hbond substituents is 2. The largest absolute Gasteiger partial charge is 0.507 e. The van der Waals surface area contributed by atoms with E-state index in [1.165, 1.54) is 6.07 Å². The van der Waals surface area contributed by atoms with E-state index in [1.54, 1.807) is 0 Å². The number of sulfone groups is 1. The van der Waals surface area contributed by atoms with Crippen molar-refractivity contribution < 1.29 is 31.6 Å². The molecule has 3 N–H and O–H groups in total. The molecule has 0 amide bonds. The first kappa shape index (κ1) is 16.3. The molecule has 0 spiro atoms. The van der Waals surface area contributed by atoms with Crippen molar-refractivity contribution in [2.45, 2.75) is 9.79 Å². The van der Waals surface area contributed by atoms with E-state index in [4.69, 9.17) is 4.55 Å². The summed E-state index contributed by atoms with van der Waals surface area (Å²) >= 11 is 0. The Morgan fingerprint density at radius 1 is 1.05 bits per heavy atom. The summed E-state index contributed by atoms with van der Waals surface area (Å²) in [7, 11) is -8.55. The number of benzene rings is 2. The molecule has 0 unspecified atom stereocenters. The Balaban J connectivity index is 2.96. The topological polar surface area (TPSA) is 129 Å². The second-order valence-corrected chi connectivity index (χ2v) is 7.89. The number of aromatic hydroxyl groups is 2. The summed E-state index contributed by atoms with van der Waals surface area (Å²) in [5.74, 6) is -1.74. The van der Waals surface area contributed by atoms with Crippen molar-refractivity contribution in [1.82, 2.24) is 0 Å². The number of phenols is 2. The van der Waals surface area contributed by atoms with Crippen molar-refractivity contribution in [2.24, 2.45) is 0 Å². The summed E-state index contributed by atoms with van der Waals surface area (Å²) < 4.78 is 55.7. The van der Waals surface area contributed by atoms with Gasteiger partial charge in [-0.15, -0.1) is 6.58 Å². The molecule has 7 nitrogen and oxygen atoms in total. The molecule has 2 aromatic carbocycles. The average molecular weight is 344 g/mol. The number of hydrogen-bond acceptors (Lipinski definition) is 6. The zero-order valence-corrected chi connectivity index (χ0v) is 12.7. The normalized spacial score (nSPS) is 12.4. The standard InChI is InChI=1S/C13H12O7S2/c1-2-5-21(16,17)13-10(14)4-3-8-6-9(22(18,19)20)7-11(15)12(8)13/h2-4,6-7,14-15H,1,5H2,(H,18,19,20). The van der Waals surface area contributed by atoms with E-state index < -0.39 is 47.0 Å². The van der Waals surface area contributed by atoms with Gasteiger partial charge in [0.1, 0.15) is 16.4 Å². The maximum Gasteiger partial charge on any atom is 0.294 e. The fourth-order valence-corrected chi connectivity index (χ4v) is 4.01. The van der Waals surface area contributed by atoms with Crippen LogP contribution < -0.4 is 0 Å². The van der Waals surface area contributed by atoms with Crippen molar-refractivity contribution in [3.05, 3.63) is 36.9 Å². The van der Waals surface area contributed by atoms with Gasteiger partial charge in [-0.05, 0) is 17.5 Å². The Kier molecular flexibility index (Phi) is 3.90. The lowest BCUT2D eigenvalue weighted by Crippen LogP contribution is -2.06. The van der Waals surface area contributed by atoms with E-state index in [0.717, 1.165) is 18.2 Å². The monoisotopic (exact) mass is 344 g/mol. The summed E-state index contributed by atoms with van der Waals surface area (Å²) in [6, 6.07) is 4.00. The van der Waals surface area contributed by atoms with Gasteiger partial charge in [0.25, 0.3) is 10.1 Å². The molecule has 0 atom stereocenters. The van der Waals surface area contributed by atoms with Crippen molar-refractivity contribution in [1.29, 1.82) is 0 Å². The Hall–Kier alpha value is -2.10. The van der Waals surface area contributed by atoms with Crippen LogP contribution in [0.3, 0.4) is 0 Å². The lowest BCUT2D eigenvalue weighted by molar-refractivity contribution is 0.456. The Morgan fingerprint density at radius 2 is 1.68 bits per heavy atom. The number of fused-ring (bicyclic) bond motifs is 1. The predicted octanol–water partition coefficient (Wildman–Crippen LogP) is 1.46. The van der Waals surface area contributed by atoms with Crippen LogP contribution in [0.2, 0.25) is 0 Å². The maximum atomic E-state index is 12.2. The lowest BCUT2D eigenvalue weighted by Gasteiger charge is -2.11. The van der Waals surface area contributed by atoms with Crippen LogP contribution in [0.5, 0.6) is 11.5 Å². The van der Waals surface area contributed by atoms with Crippen molar-refractivity contribution >= 4 is 30.7 Å². The second-order valence-electron chi connectivity index (χ2n) is 4.50. The Morgan fingerprint density at radius 3 is 2.23 bits per heavy atom. The van der Waals surface area contributed by atoms with Gasteiger partial charge in [0.15, 0.2) is 9.84 Å². The summed E-state index contributed by atoms with van der Waals surface area (Å²) in [6.07, 6.45) is 1.12. The minimum atomic E-state index is -4.57. The van der Waals surface area contributed by atoms with Crippen LogP contribution >= 0.6 is 0 Å². The fraction of sp³-hybridized carbons (Fsp3) is 0.0769. The molecule has 0 bridgehead atoms. The summed E-state index contributed by atoms with van der Waals surface area (Å²) in [5, 5.41) is 19.6. The Bertz CT molecular complexity index is 973. The molecule has 0 fully saturated rings. The molecule has 0 saturated heterocycles. The molecule has 2 aromatic rings. The van der Waals surface area contributed by atoms with Gasteiger partial charge in [-0.3, -0.25) is 4.55 Å². The van der Waals surface area contributed by atoms with Gasteiger partial charge in [0, 0.05) is 11.5 Å². The van der Waals surface area contributed by atoms with Crippen LogP contribution in [0, 0.1) is 0 Å². The van der Waals surface area contributed by atoms with Crippen molar-refractivity contribution in [3.8, 4) is 11.5 Å². The van der Waals surface area contributed by atoms with E-state index >= 15 is 0 Å². The van der Waals surface area contributed by atoms with Crippen LogP contribution in [0.15, 0.2) is 46.7 Å². The van der Waals surface area contributed by atoms with Crippen molar-refractivity contribution in [3.63, 3.8) is 0 Å². The molecule has 0 aliphatic heterocycles. The van der Waals surface area contributed by atoms with E-state index in [9.17, 15) is 27.0 Å². The third-order valence-electron chi connectivity index (χ3n) is 2.95. The van der Waals surface area contributed by atoms with Gasteiger partial charge in [-0.1, -0.05) is 12.1 Å². The summed E-state index contributed by atoms with van der Waals surface area (Å²) in [6.45, 7) is 3.31. The van der Waals surface area contributed by atoms with Crippen LogP contribution in [-0.4, -0.2) is 37.4 Å².